The van der Waals surface area contributed by atoms with Crippen molar-refractivity contribution in [3.8, 4) is 12.0 Å². The van der Waals surface area contributed by atoms with Gasteiger partial charge < -0.3 is 66.1 Å². The molecular weight excluding hydrogens is 1310 g/mol. The van der Waals surface area contributed by atoms with E-state index < -0.39 is 27.9 Å². The Labute approximate surface area is 552 Å². The summed E-state index contributed by atoms with van der Waals surface area (Å²) in [7, 11) is 7.51. The molecule has 5 aromatic rings. The number of benzene rings is 1. The molecule has 0 fully saturated rings. The number of carbonyl (C=O) groups excluding carboxylic acids is 6. The van der Waals surface area contributed by atoms with Crippen molar-refractivity contribution in [2.45, 2.75) is 76.4 Å². The number of aromatic nitrogens is 8. The van der Waals surface area contributed by atoms with Gasteiger partial charge in [-0.3, -0.25) is 9.59 Å². The number of hydrogen-bond donors (Lipinski definition) is 6. The topological polar surface area (TPSA) is 422 Å². The van der Waals surface area contributed by atoms with Gasteiger partial charge in [0, 0.05) is 66.0 Å². The Bertz CT molecular complexity index is 3250. The molecule has 2 amide bonds. The second-order valence-corrected chi connectivity index (χ2v) is 21.5. The van der Waals surface area contributed by atoms with Crippen molar-refractivity contribution in [2.24, 2.45) is 11.5 Å². The molecule has 0 bridgehead atoms. The molecule has 30 nitrogen and oxygen atoms in total. The summed E-state index contributed by atoms with van der Waals surface area (Å²) in [5.74, 6) is 0.393. The van der Waals surface area contributed by atoms with Crippen LogP contribution in [-0.4, -0.2) is 190 Å². The van der Waals surface area contributed by atoms with E-state index in [4.69, 9.17) is 54.3 Å². The summed E-state index contributed by atoms with van der Waals surface area (Å²) in [6.45, 7) is 12.8. The molecule has 8 N–H and O–H groups in total. The number of allylic oxidation sites excluding steroid dienone is 1. The van der Waals surface area contributed by atoms with Gasteiger partial charge in [0.1, 0.15) is 55.1 Å². The number of hydrogen-bond acceptors (Lipinski definition) is 30. The number of rotatable bonds is 15. The Kier molecular flexibility index (Phi) is 40.6. The van der Waals surface area contributed by atoms with Crippen molar-refractivity contribution in [3.05, 3.63) is 96.3 Å². The summed E-state index contributed by atoms with van der Waals surface area (Å²) >= 11 is 20.1. The lowest BCUT2D eigenvalue weighted by atomic mass is 10.0. The zero-order chi connectivity index (χ0) is 69.6. The van der Waals surface area contributed by atoms with Crippen LogP contribution in [0.1, 0.15) is 98.7 Å². The Balaban J connectivity index is 0.00000110. The summed E-state index contributed by atoms with van der Waals surface area (Å²) in [6.07, 6.45) is 7.56. The summed E-state index contributed by atoms with van der Waals surface area (Å²) in [5, 5.41) is 19.9. The van der Waals surface area contributed by atoms with Crippen molar-refractivity contribution in [2.75, 3.05) is 117 Å². The van der Waals surface area contributed by atoms with E-state index in [1.807, 2.05) is 44.4 Å². The third-order valence-corrected chi connectivity index (χ3v) is 13.4. The summed E-state index contributed by atoms with van der Waals surface area (Å²) < 4.78 is 50.6. The first-order chi connectivity index (χ1) is 43.3. The van der Waals surface area contributed by atoms with E-state index >= 15 is 0 Å². The molecule has 0 radical (unpaired) electrons. The van der Waals surface area contributed by atoms with E-state index in [1.54, 1.807) is 67.1 Å². The predicted molar refractivity (Wildman–Crippen MR) is 348 cm³/mol. The Morgan fingerprint density at radius 3 is 1.68 bits per heavy atom. The summed E-state index contributed by atoms with van der Waals surface area (Å²) in [4.78, 5) is 102. The molecule has 0 atom stereocenters. The van der Waals surface area contributed by atoms with Crippen molar-refractivity contribution in [3.63, 3.8) is 0 Å². The Hall–Kier alpha value is -7.97. The van der Waals surface area contributed by atoms with Crippen molar-refractivity contribution < 1.29 is 65.6 Å². The number of esters is 3. The van der Waals surface area contributed by atoms with Gasteiger partial charge in [-0.2, -0.15) is 4.98 Å². The second kappa shape index (κ2) is 44.5. The zero-order valence-corrected chi connectivity index (χ0v) is 58.0. The molecule has 0 saturated heterocycles. The fourth-order valence-corrected chi connectivity index (χ4v) is 9.11. The van der Waals surface area contributed by atoms with E-state index in [2.05, 4.69) is 86.8 Å². The molecule has 7 rings (SSSR count). The average Bonchev–Trinajstić information content (AvgIpc) is 0.866. The van der Waals surface area contributed by atoms with Crippen LogP contribution in [0.3, 0.4) is 0 Å². The van der Waals surface area contributed by atoms with Crippen LogP contribution in [0.4, 0.5) is 22.4 Å². The van der Waals surface area contributed by atoms with Gasteiger partial charge in [-0.25, -0.2) is 62.5 Å². The quantitative estimate of drug-likeness (QED) is 0.0118. The first-order valence-electron chi connectivity index (χ1n) is 26.8. The number of thioether (sulfide) groups is 2. The molecule has 6 heterocycles. The van der Waals surface area contributed by atoms with Crippen molar-refractivity contribution in [1.29, 1.82) is 5.26 Å². The maximum Gasteiger partial charge on any atom is 0.524 e. The molecule has 91 heavy (non-hydrogen) atoms. The van der Waals surface area contributed by atoms with Crippen LogP contribution in [0.25, 0.3) is 0 Å². The fraction of sp³-hybridized carbons (Fsp3) is 0.436. The van der Waals surface area contributed by atoms with Crippen LogP contribution >= 0.6 is 58.3 Å². The molecule has 2 aliphatic heterocycles. The third-order valence-electron chi connectivity index (χ3n) is 10.7. The van der Waals surface area contributed by atoms with Crippen LogP contribution in [0, 0.1) is 18.4 Å². The molecule has 500 valence electrons. The number of amides is 2. The lowest BCUT2D eigenvalue weighted by molar-refractivity contribution is -0.134. The maximum atomic E-state index is 12.9. The molecule has 0 aliphatic carbocycles. The van der Waals surface area contributed by atoms with E-state index in [1.165, 1.54) is 57.1 Å². The smallest absolute Gasteiger partial charge is 0.497 e. The summed E-state index contributed by atoms with van der Waals surface area (Å²) in [6, 6.07) is 7.50. The lowest BCUT2D eigenvalue weighted by Gasteiger charge is -2.29. The minimum Gasteiger partial charge on any atom is -0.497 e. The van der Waals surface area contributed by atoms with Crippen LogP contribution in [-0.2, 0) is 57.7 Å². The highest BCUT2D eigenvalue weighted by Gasteiger charge is 2.31. The monoisotopic (exact) mass is 1390 g/mol. The first-order valence-corrected chi connectivity index (χ1v) is 32.3. The van der Waals surface area contributed by atoms with Crippen LogP contribution < -0.4 is 37.5 Å². The first kappa shape index (κ1) is 83.0. The average molecular weight is 1390 g/mol. The van der Waals surface area contributed by atoms with Crippen LogP contribution in [0.15, 0.2) is 51.4 Å². The number of nitriles is 1. The Morgan fingerprint density at radius 2 is 1.24 bits per heavy atom. The number of aryl methyl sites for hydroxylation is 1. The standard InChI is InChI=1S/C17H20N4O4S.C9H11ClN2O2S.C9H13N5O.C8H8Cl2N2O2S.C6H10O2.C4H5NO3.2CH5N/c1-18-15-14-13(19-17(20-15)26(3,23)24)8-9-21(16(14)22)10-11-4-6-12(25-2)7-5-11;1-4-14-8(13)6-5(2)11-9(15-3)12-7(6)10;1-10-7-6-5(3-4-12-8(6)15)13-9(11-2)14-7;1-3-14-7(13)4-5(9)11-8(15-2)12-6(4)10;1-5(2)4-6(7)8-3;1-2-7-4(6)8-3-5;2*1-2/h4-7H,8-10H2,1-3H3,(H,18,19,20);4H2,1-3H3;3-4H2,1-2H3,(H,12,15)(H2,10,11,13,14);3H2,1-2H3;4H,1-3H3;2H2,1H3;2*2H2,1H3. The van der Waals surface area contributed by atoms with Crippen LogP contribution in [0.5, 0.6) is 5.75 Å². The predicted octanol–water partition coefficient (Wildman–Crippen LogP) is 6.91. The number of sulfone groups is 1. The number of carbonyl (C=O) groups is 6. The minimum atomic E-state index is -3.55. The normalized spacial score (nSPS) is 11.1. The zero-order valence-electron chi connectivity index (χ0n) is 53.2. The van der Waals surface area contributed by atoms with E-state index in [0.717, 1.165) is 35.3 Å². The molecule has 0 spiro atoms. The minimum absolute atomic E-state index is 0.0119. The summed E-state index contributed by atoms with van der Waals surface area (Å²) in [5.41, 5.74) is 13.9. The van der Waals surface area contributed by atoms with Gasteiger partial charge in [-0.1, -0.05) is 76.0 Å². The van der Waals surface area contributed by atoms with E-state index in [-0.39, 0.29) is 68.6 Å². The van der Waals surface area contributed by atoms with E-state index in [9.17, 15) is 37.2 Å². The second-order valence-electron chi connectivity index (χ2n) is 16.9. The SMILES string of the molecule is CCOC(=O)OC#N.CCOC(=O)c1c(C)nc(SC)nc1Cl.CCOC(=O)c1c(Cl)nc(SC)nc1Cl.CN.CN.CNc1nc(S(C)(=O)=O)nc2c1C(=O)N(Cc1ccc(OC)cc1)CC2.CNc1nc2c(c(NC)n1)C(=O)NCC2.COC(=O)C=C(C)C. The Morgan fingerprint density at radius 1 is 0.736 bits per heavy atom. The highest BCUT2D eigenvalue weighted by Crippen LogP contribution is 2.28. The van der Waals surface area contributed by atoms with Crippen molar-refractivity contribution in [1.82, 2.24) is 50.1 Å². The fourth-order valence-electron chi connectivity index (χ4n) is 6.81. The molecule has 0 saturated carbocycles. The number of anilines is 3. The number of ether oxygens (including phenoxy) is 6. The molecular formula is C55H77Cl3N16O14S3. The number of halogens is 3. The van der Waals surface area contributed by atoms with E-state index in [0.29, 0.717) is 77.3 Å². The number of nitrogens with two attached hydrogens (primary N) is 2. The van der Waals surface area contributed by atoms with Gasteiger partial charge in [0.15, 0.2) is 10.3 Å². The molecule has 2 aliphatic rings. The van der Waals surface area contributed by atoms with Gasteiger partial charge in [-0.15, -0.1) is 5.26 Å². The van der Waals surface area contributed by atoms with Gasteiger partial charge in [0.05, 0.1) is 51.1 Å². The highest BCUT2D eigenvalue weighted by molar-refractivity contribution is 7.98. The number of fused-ring (bicyclic) bond motifs is 2. The number of methoxy groups -OCH3 is 2. The number of nitrogens with one attached hydrogen (secondary N) is 4. The van der Waals surface area contributed by atoms with Gasteiger partial charge >= 0.3 is 24.1 Å². The van der Waals surface area contributed by atoms with Crippen molar-refractivity contribution >= 4 is 122 Å². The molecule has 4 aromatic heterocycles. The van der Waals surface area contributed by atoms with Gasteiger partial charge in [-0.05, 0) is 85.8 Å². The van der Waals surface area contributed by atoms with Gasteiger partial charge in [0.25, 0.3) is 18.1 Å². The third kappa shape index (κ3) is 28.0. The largest absolute Gasteiger partial charge is 0.524 e. The van der Waals surface area contributed by atoms with Gasteiger partial charge in [0.2, 0.25) is 20.9 Å². The highest BCUT2D eigenvalue weighted by atomic mass is 35.5. The maximum absolute atomic E-state index is 12.9. The molecule has 1 aromatic carbocycles. The molecule has 36 heteroatoms. The molecule has 0 unspecified atom stereocenters. The number of nitrogens with zero attached hydrogens (tertiary/aromatic N) is 10. The van der Waals surface area contributed by atoms with Crippen LogP contribution in [0.2, 0.25) is 15.5 Å². The lowest BCUT2D eigenvalue weighted by Crippen LogP contribution is -2.38.